The molecule has 252 valence electrons. The predicted molar refractivity (Wildman–Crippen MR) is 107 cm³/mol. The molecule has 0 aliphatic rings. The Labute approximate surface area is 216 Å². The Morgan fingerprint density at radius 2 is 0.610 bits per heavy atom. The first-order chi connectivity index (χ1) is 17.3. The van der Waals surface area contributed by atoms with Crippen molar-refractivity contribution >= 4 is 43.5 Å². The van der Waals surface area contributed by atoms with Gasteiger partial charge in [-0.25, -0.2) is 4.57 Å². The van der Waals surface area contributed by atoms with Crippen LogP contribution in [0.2, 0.25) is 0 Å². The van der Waals surface area contributed by atoms with E-state index in [1.165, 1.54) is 18.4 Å². The summed E-state index contributed by atoms with van der Waals surface area (Å²) in [5.74, 6) is 0. The quantitative estimate of drug-likeness (QED) is 0.171. The number of halogens is 24. The second kappa shape index (κ2) is 23.4. The Balaban J connectivity index is -0.0000000904. The highest BCUT2D eigenvalue weighted by atomic mass is 19.5. The summed E-state index contributed by atoms with van der Waals surface area (Å²) in [5.41, 5.74) is 1.33. The number of unbranched alkanes of at least 4 members (excludes halogenated alkanes) is 1. The Morgan fingerprint density at radius 3 is 0.756 bits per heavy atom. The molecule has 1 aromatic heterocycles. The molecule has 0 amide bonds. The van der Waals surface area contributed by atoms with Crippen LogP contribution in [0.15, 0.2) is 24.5 Å². The van der Waals surface area contributed by atoms with Gasteiger partial charge in [0.1, 0.15) is 6.54 Å². The van der Waals surface area contributed by atoms with E-state index in [1.807, 2.05) is 0 Å². The van der Waals surface area contributed by atoms with Crippen LogP contribution < -0.4 is 4.57 Å². The molecule has 1 rings (SSSR count). The van der Waals surface area contributed by atoms with E-state index >= 15 is 0 Å². The van der Waals surface area contributed by atoms with Crippen molar-refractivity contribution in [2.24, 2.45) is 0 Å². The first-order valence-electron chi connectivity index (χ1n) is 9.52. The average Bonchev–Trinajstić information content (AvgIpc) is 2.52. The number of nitrogens with zero attached hydrogens (tertiary/aromatic N) is 1. The zero-order chi connectivity index (χ0) is 35.1. The number of rotatable bonds is 3. The molecule has 1 nitrogen and oxygen atoms in total. The molecule has 1 aromatic rings. The predicted octanol–water partition coefficient (Wildman–Crippen LogP) is 9.88. The van der Waals surface area contributed by atoms with Crippen molar-refractivity contribution < 1.29 is 108 Å². The van der Waals surface area contributed by atoms with E-state index in [0.29, 0.717) is 0 Å². The minimum absolute atomic E-state index is 1.15. The Bertz CT molecular complexity index is 561. The van der Waals surface area contributed by atoms with Crippen LogP contribution >= 0.6 is 0 Å². The van der Waals surface area contributed by atoms with E-state index in [1.54, 1.807) is 0 Å². The fourth-order valence-electron chi connectivity index (χ4n) is 1.02. The van der Waals surface area contributed by atoms with Gasteiger partial charge in [-0.3, -0.25) is 0 Å². The van der Waals surface area contributed by atoms with Gasteiger partial charge >= 0.3 is 43.5 Å². The Kier molecular flexibility index (Phi) is 29.5. The molecule has 0 aliphatic carbocycles. The molecule has 41 heavy (non-hydrogen) atoms. The molecule has 0 bridgehead atoms. The molecule has 0 aromatic carbocycles. The van der Waals surface area contributed by atoms with E-state index in [9.17, 15) is 104 Å². The maximum Gasteiger partial charge on any atom is 0.673 e. The molecule has 0 N–H and O–H groups in total. The summed E-state index contributed by atoms with van der Waals surface area (Å²) in [6.07, 6.45) is 6.82. The third-order valence-electron chi connectivity index (χ3n) is 1.83. The molecule has 0 saturated carbocycles. The summed E-state index contributed by atoms with van der Waals surface area (Å²) >= 11 is 0. The van der Waals surface area contributed by atoms with Crippen molar-refractivity contribution in [3.63, 3.8) is 0 Å². The molecule has 1 heterocycles. The lowest BCUT2D eigenvalue weighted by Crippen LogP contribution is -2.32. The molecular weight excluding hydrogens is 655 g/mol. The van der Waals surface area contributed by atoms with Crippen molar-refractivity contribution in [3.8, 4) is 0 Å². The molecule has 0 atom stereocenters. The van der Waals surface area contributed by atoms with Crippen LogP contribution in [-0.2, 0) is 6.54 Å². The normalized spacial score (nSPS) is 11.5. The summed E-state index contributed by atoms with van der Waals surface area (Å²) in [5, 5.41) is 0. The highest BCUT2D eigenvalue weighted by Crippen LogP contribution is 2.09. The van der Waals surface area contributed by atoms with E-state index in [2.05, 4.69) is 42.9 Å². The van der Waals surface area contributed by atoms with Crippen LogP contribution in [-0.4, -0.2) is 43.5 Å². The molecule has 0 saturated heterocycles. The lowest BCUT2D eigenvalue weighted by Gasteiger charge is -1.94. The number of aromatic nitrogens is 1. The van der Waals surface area contributed by atoms with Crippen molar-refractivity contribution in [2.75, 3.05) is 0 Å². The summed E-state index contributed by atoms with van der Waals surface area (Å²) < 4.78 is 236. The fraction of sp³-hybridized carbons (Fsp3) is 0.500. The second-order valence-corrected chi connectivity index (χ2v) is 5.94. The van der Waals surface area contributed by atoms with Crippen LogP contribution in [0.3, 0.4) is 0 Å². The van der Waals surface area contributed by atoms with E-state index < -0.39 is 43.5 Å². The average molecular weight is 671 g/mol. The van der Waals surface area contributed by atoms with Gasteiger partial charge in [0.05, 0.1) is 0 Å². The van der Waals surface area contributed by atoms with E-state index in [-0.39, 0.29) is 0 Å². The van der Waals surface area contributed by atoms with Gasteiger partial charge in [0.2, 0.25) is 0 Å². The van der Waals surface area contributed by atoms with Gasteiger partial charge in [0, 0.05) is 18.6 Å². The number of hydrogen-bond donors (Lipinski definition) is 0. The molecule has 0 fully saturated rings. The Hall–Kier alpha value is -2.14. The minimum atomic E-state index is -6.00. The third-order valence-corrected chi connectivity index (χ3v) is 1.83. The van der Waals surface area contributed by atoms with Crippen LogP contribution in [0, 0.1) is 6.92 Å². The molecule has 0 aliphatic heterocycles. The zero-order valence-corrected chi connectivity index (χ0v) is 19.9. The maximum absolute atomic E-state index is 9.75. The van der Waals surface area contributed by atoms with Gasteiger partial charge < -0.3 is 104 Å². The first-order valence-corrected chi connectivity index (χ1v) is 9.52. The lowest BCUT2D eigenvalue weighted by molar-refractivity contribution is -0.697. The molecule has 0 unspecified atom stereocenters. The SMILES string of the molecule is CCCC[n+]1ccc(C)cc1.F[B-](F)(F)F.F[B-](F)(F)F.F[B-](F)(F)F.F[B-](F)(F)F.F[B-](F)(F)F.F[B-](F)(F)F. The second-order valence-electron chi connectivity index (χ2n) is 5.94. The first kappa shape index (κ1) is 51.6. The topological polar surface area (TPSA) is 3.88 Å². The van der Waals surface area contributed by atoms with Gasteiger partial charge in [0.15, 0.2) is 12.4 Å². The maximum atomic E-state index is 9.75. The van der Waals surface area contributed by atoms with Crippen LogP contribution in [0.25, 0.3) is 0 Å². The molecule has 0 spiro atoms. The Morgan fingerprint density at radius 1 is 0.439 bits per heavy atom. The summed E-state index contributed by atoms with van der Waals surface area (Å²) in [6.45, 7) is 5.48. The fourth-order valence-corrected chi connectivity index (χ4v) is 1.02. The van der Waals surface area contributed by atoms with Gasteiger partial charge in [0.25, 0.3) is 0 Å². The third kappa shape index (κ3) is 346. The monoisotopic (exact) mass is 672 g/mol. The molecule has 0 radical (unpaired) electrons. The highest BCUT2D eigenvalue weighted by Gasteiger charge is 2.22. The van der Waals surface area contributed by atoms with Crippen molar-refractivity contribution in [3.05, 3.63) is 30.1 Å². The van der Waals surface area contributed by atoms with Crippen molar-refractivity contribution in [1.82, 2.24) is 0 Å². The standard InChI is InChI=1S/C10H16N.6BF4/c1-3-4-7-11-8-5-10(2)6-9-11;6*2-1(3,4)5/h5-6,8-9H,3-4,7H2,1-2H3;;;;;;/q+1;6*-1. The smallest absolute Gasteiger partial charge is 0.418 e. The molecular formula is C10H16B6F24N-5. The lowest BCUT2D eigenvalue weighted by atomic mass is 10.3. The number of hydrogen-bond acceptors (Lipinski definition) is 0. The zero-order valence-electron chi connectivity index (χ0n) is 19.9. The summed E-state index contributed by atoms with van der Waals surface area (Å²) in [4.78, 5) is 0. The largest absolute Gasteiger partial charge is 0.673 e. The van der Waals surface area contributed by atoms with Gasteiger partial charge in [-0.05, 0) is 12.5 Å². The minimum Gasteiger partial charge on any atom is -0.418 e. The summed E-state index contributed by atoms with van der Waals surface area (Å²) in [6, 6.07) is 4.30. The highest BCUT2D eigenvalue weighted by molar-refractivity contribution is 6.51. The number of pyridine rings is 1. The van der Waals surface area contributed by atoms with Gasteiger partial charge in [-0.15, -0.1) is 0 Å². The molecule has 31 heteroatoms. The van der Waals surface area contributed by atoms with Crippen LogP contribution in [0.5, 0.6) is 0 Å². The summed E-state index contributed by atoms with van der Waals surface area (Å²) in [7, 11) is -36.0. The van der Waals surface area contributed by atoms with Crippen LogP contribution in [0.4, 0.5) is 104 Å². The van der Waals surface area contributed by atoms with Crippen molar-refractivity contribution in [2.45, 2.75) is 33.2 Å². The van der Waals surface area contributed by atoms with E-state index in [4.69, 9.17) is 0 Å². The van der Waals surface area contributed by atoms with Crippen LogP contribution in [0.1, 0.15) is 25.3 Å². The number of aryl methyl sites for hydroxylation is 2. The van der Waals surface area contributed by atoms with Gasteiger partial charge in [-0.1, -0.05) is 13.3 Å². The van der Waals surface area contributed by atoms with E-state index in [0.717, 1.165) is 6.54 Å². The van der Waals surface area contributed by atoms with Crippen molar-refractivity contribution in [1.29, 1.82) is 0 Å². The van der Waals surface area contributed by atoms with Gasteiger partial charge in [-0.2, -0.15) is 0 Å².